The maximum Gasteiger partial charge on any atom is 0.106 e. The van der Waals surface area contributed by atoms with E-state index in [1.807, 2.05) is 0 Å². The summed E-state index contributed by atoms with van der Waals surface area (Å²) >= 11 is 0. The number of hydrogen-bond donors (Lipinski definition) is 0. The molecule has 0 fully saturated rings. The highest BCUT2D eigenvalue weighted by Crippen LogP contribution is 2.28. The summed E-state index contributed by atoms with van der Waals surface area (Å²) in [4.78, 5) is 5.01. The van der Waals surface area contributed by atoms with Gasteiger partial charge in [0.2, 0.25) is 0 Å². The molecule has 120 valence electrons. The van der Waals surface area contributed by atoms with Crippen molar-refractivity contribution in [1.29, 1.82) is 0 Å². The van der Waals surface area contributed by atoms with Crippen molar-refractivity contribution in [2.75, 3.05) is 7.11 Å². The fraction of sp³-hybridized carbons (Fsp3) is 0.421. The highest BCUT2D eigenvalue weighted by Gasteiger charge is 2.24. The molecule has 0 amide bonds. The van der Waals surface area contributed by atoms with Crippen molar-refractivity contribution < 1.29 is 4.84 Å². The minimum Gasteiger partial charge on any atom is -0.399 e. The highest BCUT2D eigenvalue weighted by atomic mass is 16.6. The summed E-state index contributed by atoms with van der Waals surface area (Å²) in [5.74, 6) is 1.04. The zero-order valence-corrected chi connectivity index (χ0v) is 14.2. The van der Waals surface area contributed by atoms with Gasteiger partial charge in [-0.2, -0.15) is 10.2 Å². The molecule has 0 spiro atoms. The normalized spacial score (nSPS) is 19.0. The SMILES string of the molecule is CO/N=C1\C[C@@H](C)Cc2nnc(-c3ccc(C(C)C)cc3)cc21. The maximum absolute atomic E-state index is 5.01. The average Bonchev–Trinajstić information content (AvgIpc) is 2.55. The minimum absolute atomic E-state index is 0.516. The monoisotopic (exact) mass is 309 g/mol. The Morgan fingerprint density at radius 1 is 1.13 bits per heavy atom. The summed E-state index contributed by atoms with van der Waals surface area (Å²) in [5, 5.41) is 13.1. The van der Waals surface area contributed by atoms with Gasteiger partial charge in [-0.3, -0.25) is 0 Å². The third kappa shape index (κ3) is 3.26. The van der Waals surface area contributed by atoms with Crippen LogP contribution in [-0.2, 0) is 11.3 Å². The topological polar surface area (TPSA) is 47.4 Å². The molecule has 0 aliphatic heterocycles. The van der Waals surface area contributed by atoms with Crippen LogP contribution in [0.25, 0.3) is 11.3 Å². The highest BCUT2D eigenvalue weighted by molar-refractivity contribution is 6.02. The number of rotatable bonds is 3. The van der Waals surface area contributed by atoms with E-state index in [4.69, 9.17) is 4.84 Å². The van der Waals surface area contributed by atoms with Crippen molar-refractivity contribution >= 4 is 5.71 Å². The summed E-state index contributed by atoms with van der Waals surface area (Å²) in [6.07, 6.45) is 1.86. The van der Waals surface area contributed by atoms with E-state index >= 15 is 0 Å². The molecule has 1 aromatic carbocycles. The first-order valence-corrected chi connectivity index (χ1v) is 8.15. The van der Waals surface area contributed by atoms with Crippen LogP contribution in [0.4, 0.5) is 0 Å². The van der Waals surface area contributed by atoms with Gasteiger partial charge in [-0.1, -0.05) is 50.2 Å². The van der Waals surface area contributed by atoms with Crippen LogP contribution in [0.2, 0.25) is 0 Å². The summed E-state index contributed by atoms with van der Waals surface area (Å²) < 4.78 is 0. The first-order chi connectivity index (χ1) is 11.1. The maximum atomic E-state index is 5.01. The van der Waals surface area contributed by atoms with E-state index in [1.54, 1.807) is 7.11 Å². The largest absolute Gasteiger partial charge is 0.399 e. The Labute approximate surface area is 137 Å². The van der Waals surface area contributed by atoms with Gasteiger partial charge in [0.05, 0.1) is 17.1 Å². The molecule has 0 N–H and O–H groups in total. The van der Waals surface area contributed by atoms with Crippen molar-refractivity contribution in [2.24, 2.45) is 11.1 Å². The fourth-order valence-corrected chi connectivity index (χ4v) is 3.04. The second-order valence-electron chi connectivity index (χ2n) is 6.60. The van der Waals surface area contributed by atoms with E-state index in [0.29, 0.717) is 11.8 Å². The molecular weight excluding hydrogens is 286 g/mol. The van der Waals surface area contributed by atoms with Crippen molar-refractivity contribution in [2.45, 2.75) is 39.5 Å². The third-order valence-electron chi connectivity index (χ3n) is 4.34. The molecular formula is C19H23N3O. The van der Waals surface area contributed by atoms with Gasteiger partial charge in [-0.25, -0.2) is 0 Å². The van der Waals surface area contributed by atoms with E-state index in [-0.39, 0.29) is 0 Å². The average molecular weight is 309 g/mol. The first kappa shape index (κ1) is 15.7. The summed E-state index contributed by atoms with van der Waals surface area (Å²) in [6.45, 7) is 6.60. The molecule has 0 bridgehead atoms. The lowest BCUT2D eigenvalue weighted by atomic mass is 9.86. The lowest BCUT2D eigenvalue weighted by molar-refractivity contribution is 0.212. The molecule has 0 saturated carbocycles. The van der Waals surface area contributed by atoms with Gasteiger partial charge in [0.25, 0.3) is 0 Å². The molecule has 0 saturated heterocycles. The molecule has 23 heavy (non-hydrogen) atoms. The third-order valence-corrected chi connectivity index (χ3v) is 4.34. The smallest absolute Gasteiger partial charge is 0.106 e. The Balaban J connectivity index is 1.99. The number of benzene rings is 1. The van der Waals surface area contributed by atoms with Gasteiger partial charge in [0.1, 0.15) is 7.11 Å². The molecule has 0 unspecified atom stereocenters. The van der Waals surface area contributed by atoms with Gasteiger partial charge < -0.3 is 4.84 Å². The van der Waals surface area contributed by atoms with Crippen molar-refractivity contribution in [3.63, 3.8) is 0 Å². The lowest BCUT2D eigenvalue weighted by Crippen LogP contribution is -2.21. The van der Waals surface area contributed by atoms with Crippen LogP contribution >= 0.6 is 0 Å². The fourth-order valence-electron chi connectivity index (χ4n) is 3.04. The second-order valence-corrected chi connectivity index (χ2v) is 6.60. The van der Waals surface area contributed by atoms with Crippen molar-refractivity contribution in [3.8, 4) is 11.3 Å². The van der Waals surface area contributed by atoms with Crippen LogP contribution in [0.15, 0.2) is 35.5 Å². The second kappa shape index (κ2) is 6.49. The van der Waals surface area contributed by atoms with Crippen LogP contribution in [0, 0.1) is 5.92 Å². The van der Waals surface area contributed by atoms with Crippen LogP contribution < -0.4 is 0 Å². The Bertz CT molecular complexity index is 720. The molecule has 1 atom stereocenters. The molecule has 1 aliphatic rings. The molecule has 1 aromatic heterocycles. The van der Waals surface area contributed by atoms with Gasteiger partial charge in [0, 0.05) is 11.1 Å². The van der Waals surface area contributed by atoms with Gasteiger partial charge >= 0.3 is 0 Å². The predicted octanol–water partition coefficient (Wildman–Crippen LogP) is 4.20. The van der Waals surface area contributed by atoms with E-state index in [0.717, 1.165) is 41.1 Å². The Morgan fingerprint density at radius 3 is 2.52 bits per heavy atom. The molecule has 4 heteroatoms. The van der Waals surface area contributed by atoms with E-state index in [9.17, 15) is 0 Å². The summed E-state index contributed by atoms with van der Waals surface area (Å²) in [6, 6.07) is 10.6. The van der Waals surface area contributed by atoms with E-state index in [2.05, 4.69) is 66.5 Å². The Kier molecular flexibility index (Phi) is 4.42. The van der Waals surface area contributed by atoms with Crippen LogP contribution in [-0.4, -0.2) is 23.0 Å². The number of hydrogen-bond acceptors (Lipinski definition) is 4. The van der Waals surface area contributed by atoms with Crippen LogP contribution in [0.3, 0.4) is 0 Å². The summed E-state index contributed by atoms with van der Waals surface area (Å²) in [5.41, 5.74) is 6.36. The van der Waals surface area contributed by atoms with Crippen LogP contribution in [0.1, 0.15) is 49.9 Å². The first-order valence-electron chi connectivity index (χ1n) is 8.15. The number of nitrogens with zero attached hydrogens (tertiary/aromatic N) is 3. The predicted molar refractivity (Wildman–Crippen MR) is 92.6 cm³/mol. The number of aromatic nitrogens is 2. The van der Waals surface area contributed by atoms with E-state index < -0.39 is 0 Å². The standard InChI is InChI=1S/C19H23N3O/c1-12(2)14-5-7-15(8-6-14)17-11-16-18(21-20-17)9-13(3)10-19(16)22-23-4/h5-8,11-13H,9-10H2,1-4H3/b22-19+/t13-/m0/s1. The Morgan fingerprint density at radius 2 is 1.87 bits per heavy atom. The van der Waals surface area contributed by atoms with Crippen molar-refractivity contribution in [1.82, 2.24) is 10.2 Å². The van der Waals surface area contributed by atoms with Crippen LogP contribution in [0.5, 0.6) is 0 Å². The molecule has 3 rings (SSSR count). The molecule has 4 nitrogen and oxygen atoms in total. The molecule has 1 heterocycles. The van der Waals surface area contributed by atoms with Gasteiger partial charge in [-0.05, 0) is 36.3 Å². The molecule has 2 aromatic rings. The van der Waals surface area contributed by atoms with E-state index in [1.165, 1.54) is 5.56 Å². The van der Waals surface area contributed by atoms with Crippen molar-refractivity contribution in [3.05, 3.63) is 47.2 Å². The minimum atomic E-state index is 0.516. The number of fused-ring (bicyclic) bond motifs is 1. The quantitative estimate of drug-likeness (QED) is 0.798. The molecule has 1 aliphatic carbocycles. The zero-order valence-electron chi connectivity index (χ0n) is 14.2. The number of oxime groups is 1. The zero-order chi connectivity index (χ0) is 16.4. The van der Waals surface area contributed by atoms with Gasteiger partial charge in [0.15, 0.2) is 0 Å². The lowest BCUT2D eigenvalue weighted by Gasteiger charge is -2.21. The Hall–Kier alpha value is -2.23. The molecule has 0 radical (unpaired) electrons. The summed E-state index contributed by atoms with van der Waals surface area (Å²) in [7, 11) is 1.59. The van der Waals surface area contributed by atoms with Gasteiger partial charge in [-0.15, -0.1) is 0 Å².